The molecule has 2 fully saturated rings. The Morgan fingerprint density at radius 2 is 1.71 bits per heavy atom. The van der Waals surface area contributed by atoms with Gasteiger partial charge in [-0.1, -0.05) is 84.4 Å². The lowest BCUT2D eigenvalue weighted by Gasteiger charge is -2.38. The molecule has 3 atom stereocenters. The normalized spacial score (nSPS) is 18.2. The predicted molar refractivity (Wildman–Crippen MR) is 274 cm³/mol. The van der Waals surface area contributed by atoms with Gasteiger partial charge in [-0.3, -0.25) is 24.0 Å². The lowest BCUT2D eigenvalue weighted by molar-refractivity contribution is -0.144. The highest BCUT2D eigenvalue weighted by Crippen LogP contribution is 2.46. The summed E-state index contributed by atoms with van der Waals surface area (Å²) in [4.78, 5) is 84.4. The molecule has 368 valence electrons. The molecular weight excluding hydrogens is 901 g/mol. The number of aliphatic hydroxyl groups excluding tert-OH is 1. The van der Waals surface area contributed by atoms with Crippen molar-refractivity contribution in [1.82, 2.24) is 30.8 Å². The highest BCUT2D eigenvalue weighted by molar-refractivity contribution is 7.13. The Morgan fingerprint density at radius 1 is 1.00 bits per heavy atom. The van der Waals surface area contributed by atoms with Crippen molar-refractivity contribution in [2.45, 2.75) is 142 Å². The first-order valence-electron chi connectivity index (χ1n) is 24.7. The summed E-state index contributed by atoms with van der Waals surface area (Å²) in [5.74, 6) is -1.03. The second kappa shape index (κ2) is 20.5. The van der Waals surface area contributed by atoms with Gasteiger partial charge in [0.25, 0.3) is 0 Å². The van der Waals surface area contributed by atoms with Crippen LogP contribution in [0.3, 0.4) is 0 Å². The largest absolute Gasteiger partial charge is 0.391 e. The number of unbranched alkanes of at least 4 members (excludes halogenated alkanes) is 2. The number of anilines is 1. The molecule has 1 aliphatic carbocycles. The number of amides is 4. The van der Waals surface area contributed by atoms with E-state index in [1.54, 1.807) is 17.4 Å². The lowest BCUT2D eigenvalue weighted by Crippen LogP contribution is -2.57. The molecule has 0 spiro atoms. The number of ketones is 1. The Kier molecular flexibility index (Phi) is 14.7. The van der Waals surface area contributed by atoms with E-state index in [4.69, 9.17) is 6.57 Å². The zero-order chi connectivity index (χ0) is 50.1. The van der Waals surface area contributed by atoms with Crippen LogP contribution in [0.5, 0.6) is 0 Å². The summed E-state index contributed by atoms with van der Waals surface area (Å²) in [6.45, 7) is 23.2. The maximum absolute atomic E-state index is 14.1. The van der Waals surface area contributed by atoms with Crippen molar-refractivity contribution in [3.8, 4) is 10.4 Å². The number of rotatable bonds is 15. The highest BCUT2D eigenvalue weighted by Gasteiger charge is 2.45. The summed E-state index contributed by atoms with van der Waals surface area (Å²) in [5, 5.41) is 20.6. The van der Waals surface area contributed by atoms with E-state index in [1.807, 2.05) is 69.6 Å². The summed E-state index contributed by atoms with van der Waals surface area (Å²) in [5.41, 5.74) is 10.5. The van der Waals surface area contributed by atoms with Gasteiger partial charge in [-0.2, -0.15) is 0 Å². The number of benzene rings is 3. The van der Waals surface area contributed by atoms with Crippen molar-refractivity contribution in [2.24, 2.45) is 5.41 Å². The van der Waals surface area contributed by atoms with Crippen molar-refractivity contribution in [1.29, 1.82) is 0 Å². The Hall–Kier alpha value is -6.37. The summed E-state index contributed by atoms with van der Waals surface area (Å²) in [7, 11) is 0. The average molecular weight is 967 g/mol. The molecule has 3 aliphatic rings. The smallest absolute Gasteiger partial charge is 0.246 e. The fourth-order valence-corrected chi connectivity index (χ4v) is 11.3. The Morgan fingerprint density at radius 3 is 2.37 bits per heavy atom. The zero-order valence-corrected chi connectivity index (χ0v) is 42.3. The highest BCUT2D eigenvalue weighted by atomic mass is 32.1. The molecule has 5 N–H and O–H groups in total. The van der Waals surface area contributed by atoms with Crippen LogP contribution in [0.15, 0.2) is 60.1 Å². The van der Waals surface area contributed by atoms with Crippen molar-refractivity contribution in [3.05, 3.63) is 111 Å². The van der Waals surface area contributed by atoms with E-state index in [2.05, 4.69) is 68.6 Å². The van der Waals surface area contributed by atoms with E-state index in [1.165, 1.54) is 4.90 Å². The number of carbonyl (C=O) groups is 5. The molecule has 8 rings (SSSR count). The van der Waals surface area contributed by atoms with Crippen LogP contribution in [0.2, 0.25) is 0 Å². The maximum atomic E-state index is 14.1. The van der Waals surface area contributed by atoms with Gasteiger partial charge in [-0.15, -0.1) is 11.3 Å². The number of β-amino-alcohol motifs (C(OH)–C–C–N with tert-alkyl or cyclic N) is 1. The van der Waals surface area contributed by atoms with Gasteiger partial charge >= 0.3 is 0 Å². The fraction of sp³-hybridized carbons (Fsp3) is 0.473. The first-order chi connectivity index (χ1) is 33.4. The van der Waals surface area contributed by atoms with E-state index in [0.29, 0.717) is 36.9 Å². The minimum absolute atomic E-state index is 0.00118. The number of fused-ring (bicyclic) bond motifs is 4. The van der Waals surface area contributed by atoms with Gasteiger partial charge < -0.3 is 35.8 Å². The Labute approximate surface area is 414 Å². The SMILES string of the molecule is [C-]#[N+]c1ccc2c3c([nH]c2c1)C(C)(C)c1cc(N2CCC(NC(=O)CCCCCC(=O)N[C@H](C(=O)N4C[C@H](O)C[C@H]4C(=O)NCc4ccc(-c5scnc5C)cc4)C(C)(C)C)CC2)c(CC)cc1C3=O. The van der Waals surface area contributed by atoms with Crippen molar-refractivity contribution in [3.63, 3.8) is 0 Å². The molecule has 14 nitrogen and oxygen atoms in total. The fourth-order valence-electron chi connectivity index (χ4n) is 10.5. The van der Waals surface area contributed by atoms with E-state index in [9.17, 15) is 29.1 Å². The number of piperidine rings is 1. The predicted octanol–water partition coefficient (Wildman–Crippen LogP) is 8.43. The number of carbonyl (C=O) groups excluding carboxylic acids is 5. The second-order valence-corrected chi connectivity index (χ2v) is 21.7. The van der Waals surface area contributed by atoms with Crippen LogP contribution >= 0.6 is 11.3 Å². The van der Waals surface area contributed by atoms with Crippen LogP contribution in [0, 0.1) is 18.9 Å². The summed E-state index contributed by atoms with van der Waals surface area (Å²) in [6, 6.07) is 15.9. The van der Waals surface area contributed by atoms with Gasteiger partial charge in [0.05, 0.1) is 34.3 Å². The molecule has 4 heterocycles. The monoisotopic (exact) mass is 966 g/mol. The van der Waals surface area contributed by atoms with Gasteiger partial charge in [0.1, 0.15) is 12.1 Å². The van der Waals surface area contributed by atoms with Gasteiger partial charge in [-0.25, -0.2) is 9.83 Å². The molecule has 0 saturated carbocycles. The van der Waals surface area contributed by atoms with E-state index in [0.717, 1.165) is 93.0 Å². The van der Waals surface area contributed by atoms with Crippen LogP contribution in [-0.2, 0) is 37.6 Å². The zero-order valence-electron chi connectivity index (χ0n) is 41.5. The molecule has 0 bridgehead atoms. The standard InChI is InChI=1S/C55H66N8O6S/c1-9-34-25-40-41(55(6,7)50-47(48(40)67)39-20-19-37(56-8)26-42(39)60-50)28-43(34)62-23-21-36(22-24-62)59-45(65)13-11-10-12-14-46(66)61-51(54(3,4)5)53(69)63-30-38(64)27-44(63)52(68)57-29-33-15-17-35(18-16-33)49-32(2)58-31-70-49/h15-20,25-26,28,31,36,38,44,51,60,64H,9-14,21-24,27,29-30H2,1-7H3,(H,57,68)(H,59,65)(H,61,66)/t38-,44+,51-/m1/s1. The molecular formula is C55H66N8O6S. The molecule has 5 aromatic rings. The number of hydrogen-bond acceptors (Lipinski definition) is 9. The van der Waals surface area contributed by atoms with E-state index < -0.39 is 34.9 Å². The summed E-state index contributed by atoms with van der Waals surface area (Å²) >= 11 is 1.58. The number of aromatic nitrogens is 2. The van der Waals surface area contributed by atoms with Crippen LogP contribution in [0.25, 0.3) is 26.2 Å². The molecule has 2 aromatic heterocycles. The number of aryl methyl sites for hydroxylation is 2. The summed E-state index contributed by atoms with van der Waals surface area (Å²) < 4.78 is 0. The van der Waals surface area contributed by atoms with Crippen molar-refractivity contribution >= 4 is 63.0 Å². The molecule has 2 saturated heterocycles. The van der Waals surface area contributed by atoms with E-state index >= 15 is 0 Å². The third-order valence-electron chi connectivity index (χ3n) is 14.5. The third-order valence-corrected chi connectivity index (χ3v) is 15.5. The Balaban J connectivity index is 0.780. The van der Waals surface area contributed by atoms with Gasteiger partial charge in [0.2, 0.25) is 23.6 Å². The van der Waals surface area contributed by atoms with Crippen molar-refractivity contribution < 1.29 is 29.1 Å². The molecule has 4 amide bonds. The number of nitrogens with one attached hydrogen (secondary N) is 4. The lowest BCUT2D eigenvalue weighted by atomic mass is 9.70. The minimum Gasteiger partial charge on any atom is -0.391 e. The first-order valence-corrected chi connectivity index (χ1v) is 25.6. The number of likely N-dealkylation sites (tertiary alicyclic amines) is 1. The number of aromatic amines is 1. The molecule has 2 aliphatic heterocycles. The quantitative estimate of drug-likeness (QED) is 0.0512. The molecule has 0 unspecified atom stereocenters. The molecule has 15 heteroatoms. The average Bonchev–Trinajstić information content (AvgIpc) is 4.07. The van der Waals surface area contributed by atoms with E-state index in [-0.39, 0.29) is 55.5 Å². The van der Waals surface area contributed by atoms with Gasteiger partial charge in [0, 0.05) is 84.7 Å². The number of nitrogens with zero attached hydrogens (tertiary/aromatic N) is 4. The molecule has 3 aromatic carbocycles. The first kappa shape index (κ1) is 50.0. The number of H-pyrrole nitrogens is 1. The summed E-state index contributed by atoms with van der Waals surface area (Å²) in [6.07, 6.45) is 4.00. The number of thiazole rings is 1. The van der Waals surface area contributed by atoms with Crippen LogP contribution in [0.1, 0.15) is 137 Å². The van der Waals surface area contributed by atoms with Crippen LogP contribution in [0.4, 0.5) is 11.4 Å². The van der Waals surface area contributed by atoms with Crippen LogP contribution < -0.4 is 20.9 Å². The van der Waals surface area contributed by atoms with Gasteiger partial charge in [-0.05, 0) is 84.9 Å². The minimum atomic E-state index is -0.910. The second-order valence-electron chi connectivity index (χ2n) is 20.9. The van der Waals surface area contributed by atoms with Crippen molar-refractivity contribution in [2.75, 3.05) is 24.5 Å². The van der Waals surface area contributed by atoms with Gasteiger partial charge in [0.15, 0.2) is 11.5 Å². The Bertz CT molecular complexity index is 2840. The van der Waals surface area contributed by atoms with Crippen LogP contribution in [-0.4, -0.2) is 93.3 Å². The molecule has 70 heavy (non-hydrogen) atoms. The molecule has 0 radical (unpaired) electrons. The topological polar surface area (TPSA) is 181 Å². The third kappa shape index (κ3) is 10.4. The number of aliphatic hydroxyl groups is 1. The number of hydrogen-bond donors (Lipinski definition) is 5. The maximum Gasteiger partial charge on any atom is 0.246 e.